The molecule has 0 radical (unpaired) electrons. The van der Waals surface area contributed by atoms with Gasteiger partial charge in [0.15, 0.2) is 0 Å². The molecule has 3 unspecified atom stereocenters. The van der Waals surface area contributed by atoms with E-state index >= 15 is 0 Å². The molecule has 2 N–H and O–H groups in total. The lowest BCUT2D eigenvalue weighted by molar-refractivity contribution is -0.870. The molecule has 72 heavy (non-hydrogen) atoms. The zero-order chi connectivity index (χ0) is 52.7. The van der Waals surface area contributed by atoms with Gasteiger partial charge >= 0.3 is 0 Å². The van der Waals surface area contributed by atoms with E-state index in [-0.39, 0.29) is 19.1 Å². The number of carbonyl (C=O) groups excluding carboxylic acids is 1. The van der Waals surface area contributed by atoms with Crippen LogP contribution in [0.15, 0.2) is 12.2 Å². The number of quaternary nitrogens is 1. The van der Waals surface area contributed by atoms with Crippen LogP contribution < -0.4 is 10.2 Å². The Bertz CT molecular complexity index is 1180. The Balaban J connectivity index is 3.70. The topological polar surface area (TPSA) is 108 Å². The number of phosphoric ester groups is 1. The van der Waals surface area contributed by atoms with Crippen LogP contribution in [-0.4, -0.2) is 68.5 Å². The number of carbonyl (C=O) groups is 1. The van der Waals surface area contributed by atoms with E-state index in [1.807, 2.05) is 21.1 Å². The number of unbranched alkanes of at least 4 members (excludes halogenated alkanes) is 45. The highest BCUT2D eigenvalue weighted by atomic mass is 31.2. The lowest BCUT2D eigenvalue weighted by Crippen LogP contribution is -2.46. The van der Waals surface area contributed by atoms with E-state index in [0.717, 1.165) is 38.5 Å². The monoisotopic (exact) mass is 1040 g/mol. The van der Waals surface area contributed by atoms with Crippen molar-refractivity contribution in [2.45, 2.75) is 347 Å². The van der Waals surface area contributed by atoms with Crippen LogP contribution in [-0.2, 0) is 18.4 Å². The standard InChI is InChI=1S/C63H127N2O6P/c1-6-8-10-12-14-16-17-18-19-20-21-22-23-24-25-26-27-28-29-30-31-32-33-34-35-36-37-38-39-40-41-42-43-44-45-46-47-49-51-53-55-57-63(67)64-61(60-71-72(68,69)70-59-58-65(3,4)5)62(66)56-54-52-50-48-15-13-11-9-7-2/h20-21,61-62,66H,6-19,22-60H2,1-5H3,(H-,64,67,68,69)/b21-20-. The highest BCUT2D eigenvalue weighted by Gasteiger charge is 2.24. The molecular weight excluding hydrogens is 912 g/mol. The summed E-state index contributed by atoms with van der Waals surface area (Å²) in [6.45, 7) is 4.73. The molecule has 0 bridgehead atoms. The molecule has 0 fully saturated rings. The maximum absolute atomic E-state index is 12.9. The van der Waals surface area contributed by atoms with E-state index < -0.39 is 20.0 Å². The summed E-state index contributed by atoms with van der Waals surface area (Å²) in [7, 11) is 1.32. The molecule has 0 aliphatic heterocycles. The Morgan fingerprint density at radius 2 is 0.764 bits per heavy atom. The number of amides is 1. The van der Waals surface area contributed by atoms with Crippen molar-refractivity contribution in [1.82, 2.24) is 5.32 Å². The SMILES string of the molecule is CCCCCCCCCC/C=C\CCCCCCCCCCCCCCCCCCCCCCCCCCCCCCCC(=O)NC(COP(=O)([O-])OCC[N+](C)(C)C)C(O)CCCCCCCCCCC. The fourth-order valence-corrected chi connectivity index (χ4v) is 10.7. The molecule has 0 aliphatic rings. The van der Waals surface area contributed by atoms with E-state index in [9.17, 15) is 19.4 Å². The predicted octanol–water partition coefficient (Wildman–Crippen LogP) is 19.1. The number of phosphoric acid groups is 1. The van der Waals surface area contributed by atoms with Crippen molar-refractivity contribution in [3.8, 4) is 0 Å². The van der Waals surface area contributed by atoms with Crippen molar-refractivity contribution in [2.24, 2.45) is 0 Å². The summed E-state index contributed by atoms with van der Waals surface area (Å²) in [6, 6.07) is -0.794. The molecule has 0 aromatic carbocycles. The lowest BCUT2D eigenvalue weighted by Gasteiger charge is -2.30. The van der Waals surface area contributed by atoms with Crippen LogP contribution in [0.3, 0.4) is 0 Å². The number of aliphatic hydroxyl groups is 1. The summed E-state index contributed by atoms with van der Waals surface area (Å²) in [6.07, 6.45) is 68.9. The summed E-state index contributed by atoms with van der Waals surface area (Å²) in [5.41, 5.74) is 0. The number of hydrogen-bond donors (Lipinski definition) is 2. The van der Waals surface area contributed by atoms with Crippen LogP contribution in [0.25, 0.3) is 0 Å². The quantitative estimate of drug-likeness (QED) is 0.0272. The molecule has 0 spiro atoms. The molecule has 0 saturated heterocycles. The number of allylic oxidation sites excluding steroid dienone is 2. The van der Waals surface area contributed by atoms with E-state index in [4.69, 9.17) is 9.05 Å². The first-order chi connectivity index (χ1) is 35.0. The smallest absolute Gasteiger partial charge is 0.268 e. The van der Waals surface area contributed by atoms with Crippen LogP contribution in [0.1, 0.15) is 335 Å². The predicted molar refractivity (Wildman–Crippen MR) is 312 cm³/mol. The number of nitrogens with one attached hydrogen (secondary N) is 1. The van der Waals surface area contributed by atoms with Crippen molar-refractivity contribution >= 4 is 13.7 Å². The first kappa shape index (κ1) is 71.2. The summed E-state index contributed by atoms with van der Waals surface area (Å²) in [5.74, 6) is -0.160. The first-order valence-corrected chi connectivity index (χ1v) is 33.5. The van der Waals surface area contributed by atoms with Gasteiger partial charge < -0.3 is 28.8 Å². The van der Waals surface area contributed by atoms with Crippen LogP contribution in [0.4, 0.5) is 0 Å². The fourth-order valence-electron chi connectivity index (χ4n) is 9.98. The van der Waals surface area contributed by atoms with Gasteiger partial charge in [0.1, 0.15) is 13.2 Å². The van der Waals surface area contributed by atoms with Crippen LogP contribution >= 0.6 is 7.82 Å². The Hall–Kier alpha value is -0.760. The molecule has 0 heterocycles. The first-order valence-electron chi connectivity index (χ1n) is 32.0. The summed E-state index contributed by atoms with van der Waals surface area (Å²) in [4.78, 5) is 25.4. The fraction of sp³-hybridized carbons (Fsp3) is 0.952. The number of hydrogen-bond acceptors (Lipinski definition) is 6. The average Bonchev–Trinajstić information content (AvgIpc) is 3.34. The largest absolute Gasteiger partial charge is 0.756 e. The van der Waals surface area contributed by atoms with Gasteiger partial charge in [-0.1, -0.05) is 302 Å². The third-order valence-electron chi connectivity index (χ3n) is 15.0. The third kappa shape index (κ3) is 57.0. The molecule has 0 aromatic rings. The van der Waals surface area contributed by atoms with Crippen LogP contribution in [0.5, 0.6) is 0 Å². The van der Waals surface area contributed by atoms with E-state index in [1.54, 1.807) is 0 Å². The molecular formula is C63H127N2O6P. The molecule has 0 rings (SSSR count). The summed E-state index contributed by atoms with van der Waals surface area (Å²) >= 11 is 0. The Labute approximate surface area is 450 Å². The third-order valence-corrected chi connectivity index (χ3v) is 16.0. The van der Waals surface area contributed by atoms with Gasteiger partial charge in [0.2, 0.25) is 5.91 Å². The highest BCUT2D eigenvalue weighted by Crippen LogP contribution is 2.38. The van der Waals surface area contributed by atoms with Crippen molar-refractivity contribution < 1.29 is 32.9 Å². The average molecular weight is 1040 g/mol. The molecule has 1 amide bonds. The van der Waals surface area contributed by atoms with E-state index in [0.29, 0.717) is 23.9 Å². The second kappa shape index (κ2) is 55.0. The molecule has 0 saturated carbocycles. The summed E-state index contributed by atoms with van der Waals surface area (Å²) < 4.78 is 23.3. The number of aliphatic hydroxyl groups excluding tert-OH is 1. The Morgan fingerprint density at radius 3 is 1.08 bits per heavy atom. The number of nitrogens with zero attached hydrogens (tertiary/aromatic N) is 1. The second-order valence-corrected chi connectivity index (χ2v) is 24.9. The van der Waals surface area contributed by atoms with Gasteiger partial charge in [0, 0.05) is 6.42 Å². The van der Waals surface area contributed by atoms with Gasteiger partial charge in [-0.3, -0.25) is 9.36 Å². The maximum Gasteiger partial charge on any atom is 0.268 e. The van der Waals surface area contributed by atoms with Gasteiger partial charge in [0.25, 0.3) is 7.82 Å². The molecule has 9 heteroatoms. The van der Waals surface area contributed by atoms with Gasteiger partial charge in [0.05, 0.1) is 39.9 Å². The molecule has 430 valence electrons. The van der Waals surface area contributed by atoms with Crippen LogP contribution in [0, 0.1) is 0 Å². The minimum absolute atomic E-state index is 0.0154. The van der Waals surface area contributed by atoms with Gasteiger partial charge in [-0.2, -0.15) is 0 Å². The van der Waals surface area contributed by atoms with E-state index in [1.165, 1.54) is 270 Å². The minimum Gasteiger partial charge on any atom is -0.756 e. The molecule has 0 aliphatic carbocycles. The highest BCUT2D eigenvalue weighted by molar-refractivity contribution is 7.45. The molecule has 0 aromatic heterocycles. The van der Waals surface area contributed by atoms with Crippen molar-refractivity contribution in [1.29, 1.82) is 0 Å². The van der Waals surface area contributed by atoms with Crippen molar-refractivity contribution in [3.05, 3.63) is 12.2 Å². The number of likely N-dealkylation sites (N-methyl/N-ethyl adjacent to an activating group) is 1. The number of rotatable bonds is 60. The van der Waals surface area contributed by atoms with Crippen molar-refractivity contribution in [2.75, 3.05) is 40.9 Å². The van der Waals surface area contributed by atoms with Crippen LogP contribution in [0.2, 0.25) is 0 Å². The van der Waals surface area contributed by atoms with Crippen molar-refractivity contribution in [3.63, 3.8) is 0 Å². The lowest BCUT2D eigenvalue weighted by atomic mass is 10.0. The molecule has 3 atom stereocenters. The molecule has 8 nitrogen and oxygen atoms in total. The normalized spacial score (nSPS) is 13.8. The van der Waals surface area contributed by atoms with E-state index in [2.05, 4.69) is 31.3 Å². The maximum atomic E-state index is 12.9. The van der Waals surface area contributed by atoms with Gasteiger partial charge in [-0.25, -0.2) is 0 Å². The Kier molecular flexibility index (Phi) is 54.4. The zero-order valence-corrected chi connectivity index (χ0v) is 50.1. The minimum atomic E-state index is -4.56. The Morgan fingerprint density at radius 1 is 0.472 bits per heavy atom. The summed E-state index contributed by atoms with van der Waals surface area (Å²) in [5, 5.41) is 13.9. The zero-order valence-electron chi connectivity index (χ0n) is 49.2. The second-order valence-electron chi connectivity index (χ2n) is 23.5. The van der Waals surface area contributed by atoms with Gasteiger partial charge in [-0.05, 0) is 38.5 Å². The van der Waals surface area contributed by atoms with Gasteiger partial charge in [-0.15, -0.1) is 0 Å².